The quantitative estimate of drug-likeness (QED) is 0.677. The summed E-state index contributed by atoms with van der Waals surface area (Å²) in [6.07, 6.45) is 7.92. The highest BCUT2D eigenvalue weighted by molar-refractivity contribution is 4.90. The second-order valence-electron chi connectivity index (χ2n) is 4.57. The first kappa shape index (κ1) is 9.47. The van der Waals surface area contributed by atoms with Crippen molar-refractivity contribution in [3.8, 4) is 0 Å². The van der Waals surface area contributed by atoms with E-state index in [9.17, 15) is 0 Å². The average molecular weight is 183 g/mol. The minimum absolute atomic E-state index is 0.371. The topological polar surface area (TPSA) is 32.3 Å². The minimum Gasteiger partial charge on any atom is -0.396 e. The highest BCUT2D eigenvalue weighted by Gasteiger charge is 2.35. The van der Waals surface area contributed by atoms with Crippen molar-refractivity contribution in [2.45, 2.75) is 44.6 Å². The van der Waals surface area contributed by atoms with E-state index >= 15 is 0 Å². The molecule has 0 amide bonds. The van der Waals surface area contributed by atoms with Crippen LogP contribution < -0.4 is 5.32 Å². The number of hydrogen-bond donors (Lipinski definition) is 2. The summed E-state index contributed by atoms with van der Waals surface area (Å²) in [6.45, 7) is 1.59. The molecule has 0 bridgehead atoms. The molecule has 76 valence electrons. The van der Waals surface area contributed by atoms with Crippen molar-refractivity contribution in [1.82, 2.24) is 5.32 Å². The maximum absolute atomic E-state index is 8.84. The molecule has 1 aliphatic carbocycles. The van der Waals surface area contributed by atoms with E-state index < -0.39 is 0 Å². The third kappa shape index (κ3) is 2.05. The van der Waals surface area contributed by atoms with E-state index in [1.54, 1.807) is 0 Å². The molecule has 2 rings (SSSR count). The van der Waals surface area contributed by atoms with Crippen LogP contribution in [-0.4, -0.2) is 24.3 Å². The zero-order valence-electron chi connectivity index (χ0n) is 8.34. The molecular weight excluding hydrogens is 162 g/mol. The maximum Gasteiger partial charge on any atom is 0.0431 e. The lowest BCUT2D eigenvalue weighted by molar-refractivity contribution is 0.110. The van der Waals surface area contributed by atoms with Crippen molar-refractivity contribution in [2.75, 3.05) is 13.2 Å². The molecule has 2 nitrogen and oxygen atoms in total. The van der Waals surface area contributed by atoms with Crippen molar-refractivity contribution in [1.29, 1.82) is 0 Å². The first-order valence-electron chi connectivity index (χ1n) is 5.76. The van der Waals surface area contributed by atoms with Gasteiger partial charge in [0.05, 0.1) is 0 Å². The summed E-state index contributed by atoms with van der Waals surface area (Å²) in [5.74, 6) is 1.85. The Morgan fingerprint density at radius 3 is 2.46 bits per heavy atom. The van der Waals surface area contributed by atoms with Gasteiger partial charge in [0.25, 0.3) is 0 Å². The van der Waals surface area contributed by atoms with E-state index in [4.69, 9.17) is 5.11 Å². The van der Waals surface area contributed by atoms with Crippen LogP contribution in [0.2, 0.25) is 0 Å². The Hall–Kier alpha value is -0.0800. The molecule has 2 aliphatic rings. The Labute approximate surface area is 80.7 Å². The van der Waals surface area contributed by atoms with Gasteiger partial charge >= 0.3 is 0 Å². The lowest BCUT2D eigenvalue weighted by atomic mass is 9.69. The largest absolute Gasteiger partial charge is 0.396 e. The number of hydrogen-bond acceptors (Lipinski definition) is 2. The summed E-state index contributed by atoms with van der Waals surface area (Å²) < 4.78 is 0. The van der Waals surface area contributed by atoms with Gasteiger partial charge in [0.15, 0.2) is 0 Å². The van der Waals surface area contributed by atoms with Crippen LogP contribution in [-0.2, 0) is 0 Å². The highest BCUT2D eigenvalue weighted by Crippen LogP contribution is 2.39. The Morgan fingerprint density at radius 2 is 2.08 bits per heavy atom. The van der Waals surface area contributed by atoms with Gasteiger partial charge in [-0.15, -0.1) is 0 Å². The van der Waals surface area contributed by atoms with Crippen LogP contribution in [0.1, 0.15) is 38.5 Å². The summed E-state index contributed by atoms with van der Waals surface area (Å²) >= 11 is 0. The van der Waals surface area contributed by atoms with Gasteiger partial charge in [-0.05, 0) is 37.6 Å². The first-order chi connectivity index (χ1) is 6.42. The SMILES string of the molecule is OCCCC(C1CCC1)C1CCN1. The van der Waals surface area contributed by atoms with Gasteiger partial charge in [-0.25, -0.2) is 0 Å². The molecule has 2 N–H and O–H groups in total. The van der Waals surface area contributed by atoms with Crippen molar-refractivity contribution in [3.63, 3.8) is 0 Å². The van der Waals surface area contributed by atoms with Crippen LogP contribution >= 0.6 is 0 Å². The highest BCUT2D eigenvalue weighted by atomic mass is 16.2. The molecule has 0 aromatic rings. The summed E-state index contributed by atoms with van der Waals surface area (Å²) in [7, 11) is 0. The van der Waals surface area contributed by atoms with Crippen LogP contribution in [0.5, 0.6) is 0 Å². The normalized spacial score (nSPS) is 30.7. The molecule has 2 heteroatoms. The predicted octanol–water partition coefficient (Wildman–Crippen LogP) is 1.54. The number of aliphatic hydroxyl groups excluding tert-OH is 1. The fourth-order valence-electron chi connectivity index (χ4n) is 2.64. The van der Waals surface area contributed by atoms with Gasteiger partial charge in [-0.1, -0.05) is 19.3 Å². The van der Waals surface area contributed by atoms with Gasteiger partial charge in [-0.2, -0.15) is 0 Å². The summed E-state index contributed by atoms with van der Waals surface area (Å²) in [5.41, 5.74) is 0. The molecule has 1 aliphatic heterocycles. The van der Waals surface area contributed by atoms with Crippen LogP contribution in [0.15, 0.2) is 0 Å². The van der Waals surface area contributed by atoms with Crippen LogP contribution in [0.4, 0.5) is 0 Å². The molecule has 2 fully saturated rings. The summed E-state index contributed by atoms with van der Waals surface area (Å²) in [6, 6.07) is 0.789. The number of rotatable bonds is 5. The Bertz CT molecular complexity index is 138. The fourth-order valence-corrected chi connectivity index (χ4v) is 2.64. The summed E-state index contributed by atoms with van der Waals surface area (Å²) in [4.78, 5) is 0. The molecule has 0 radical (unpaired) electrons. The smallest absolute Gasteiger partial charge is 0.0431 e. The minimum atomic E-state index is 0.371. The molecule has 0 aromatic heterocycles. The van der Waals surface area contributed by atoms with Gasteiger partial charge in [0, 0.05) is 12.6 Å². The van der Waals surface area contributed by atoms with E-state index in [0.717, 1.165) is 24.3 Å². The maximum atomic E-state index is 8.84. The van der Waals surface area contributed by atoms with E-state index in [0.29, 0.717) is 6.61 Å². The zero-order chi connectivity index (χ0) is 9.10. The molecule has 0 spiro atoms. The van der Waals surface area contributed by atoms with Crippen molar-refractivity contribution in [2.24, 2.45) is 11.8 Å². The Kier molecular flexibility index (Phi) is 3.23. The van der Waals surface area contributed by atoms with Crippen LogP contribution in [0.25, 0.3) is 0 Å². The van der Waals surface area contributed by atoms with E-state index in [1.807, 2.05) is 0 Å². The van der Waals surface area contributed by atoms with Crippen LogP contribution in [0, 0.1) is 11.8 Å². The third-order valence-corrected chi connectivity index (χ3v) is 3.83. The second kappa shape index (κ2) is 4.43. The lowest BCUT2D eigenvalue weighted by Crippen LogP contribution is -2.51. The number of nitrogens with one attached hydrogen (secondary N) is 1. The zero-order valence-corrected chi connectivity index (χ0v) is 8.34. The average Bonchev–Trinajstić information content (AvgIpc) is 1.93. The summed E-state index contributed by atoms with van der Waals surface area (Å²) in [5, 5.41) is 12.4. The molecule has 2 atom stereocenters. The molecule has 0 aromatic carbocycles. The molecule has 2 unspecified atom stereocenters. The monoisotopic (exact) mass is 183 g/mol. The van der Waals surface area contributed by atoms with E-state index in [-0.39, 0.29) is 0 Å². The Balaban J connectivity index is 1.78. The van der Waals surface area contributed by atoms with Gasteiger partial charge in [0.1, 0.15) is 0 Å². The second-order valence-corrected chi connectivity index (χ2v) is 4.57. The number of aliphatic hydroxyl groups is 1. The fraction of sp³-hybridized carbons (Fsp3) is 1.00. The lowest BCUT2D eigenvalue weighted by Gasteiger charge is -2.43. The van der Waals surface area contributed by atoms with Crippen molar-refractivity contribution in [3.05, 3.63) is 0 Å². The molecule has 13 heavy (non-hydrogen) atoms. The standard InChI is InChI=1S/C11H21NO/c13-8-2-5-10(9-3-1-4-9)11-6-7-12-11/h9-13H,1-8H2. The van der Waals surface area contributed by atoms with E-state index in [1.165, 1.54) is 38.6 Å². The van der Waals surface area contributed by atoms with E-state index in [2.05, 4.69) is 5.32 Å². The van der Waals surface area contributed by atoms with Crippen molar-refractivity contribution < 1.29 is 5.11 Å². The van der Waals surface area contributed by atoms with Crippen LogP contribution in [0.3, 0.4) is 0 Å². The van der Waals surface area contributed by atoms with Gasteiger partial charge < -0.3 is 10.4 Å². The molecule has 1 saturated heterocycles. The first-order valence-corrected chi connectivity index (χ1v) is 5.76. The van der Waals surface area contributed by atoms with Crippen molar-refractivity contribution >= 4 is 0 Å². The van der Waals surface area contributed by atoms with Gasteiger partial charge in [0.2, 0.25) is 0 Å². The molecule has 1 heterocycles. The van der Waals surface area contributed by atoms with Gasteiger partial charge in [-0.3, -0.25) is 0 Å². The molecule has 1 saturated carbocycles. The Morgan fingerprint density at radius 1 is 1.31 bits per heavy atom. The molecular formula is C11H21NO. The third-order valence-electron chi connectivity index (χ3n) is 3.83. The predicted molar refractivity (Wildman–Crippen MR) is 53.6 cm³/mol.